The fourth-order valence-electron chi connectivity index (χ4n) is 4.04. The van der Waals surface area contributed by atoms with Crippen LogP contribution in [0, 0.1) is 0 Å². The maximum Gasteiger partial charge on any atom is 0.308 e. The van der Waals surface area contributed by atoms with Crippen molar-refractivity contribution in [3.05, 3.63) is 88.5 Å². The van der Waals surface area contributed by atoms with Crippen LogP contribution in [0.1, 0.15) is 24.1 Å². The van der Waals surface area contributed by atoms with E-state index in [0.29, 0.717) is 22.7 Å². The third-order valence-corrected chi connectivity index (χ3v) is 5.95. The van der Waals surface area contributed by atoms with Crippen molar-refractivity contribution in [2.45, 2.75) is 13.0 Å². The number of anilines is 1. The van der Waals surface area contributed by atoms with Crippen molar-refractivity contribution >= 4 is 40.7 Å². The Hall–Kier alpha value is -4.30. The van der Waals surface area contributed by atoms with E-state index < -0.39 is 29.5 Å². The molecule has 3 aromatic rings. The van der Waals surface area contributed by atoms with E-state index in [1.807, 2.05) is 0 Å². The number of amides is 1. The molecule has 1 unspecified atom stereocenters. The van der Waals surface area contributed by atoms with E-state index in [2.05, 4.69) is 0 Å². The van der Waals surface area contributed by atoms with E-state index in [1.54, 1.807) is 54.6 Å². The van der Waals surface area contributed by atoms with Crippen LogP contribution < -0.4 is 19.1 Å². The molecule has 9 heteroatoms. The molecule has 0 bridgehead atoms. The molecule has 8 nitrogen and oxygen atoms in total. The number of aliphatic hydroxyl groups is 1. The number of ether oxygens (including phenoxy) is 3. The Morgan fingerprint density at radius 1 is 0.944 bits per heavy atom. The molecular weight excluding hydrogens is 486 g/mol. The van der Waals surface area contributed by atoms with Gasteiger partial charge in [-0.3, -0.25) is 19.3 Å². The number of hydrogen-bond donors (Lipinski definition) is 1. The van der Waals surface area contributed by atoms with Crippen molar-refractivity contribution in [1.29, 1.82) is 0 Å². The summed E-state index contributed by atoms with van der Waals surface area (Å²) < 4.78 is 15.6. The van der Waals surface area contributed by atoms with E-state index in [9.17, 15) is 19.5 Å². The molecule has 36 heavy (non-hydrogen) atoms. The average molecular weight is 508 g/mol. The number of carbonyl (C=O) groups excluding carboxylic acids is 3. The first kappa shape index (κ1) is 24.8. The number of benzene rings is 3. The van der Waals surface area contributed by atoms with Gasteiger partial charge in [0.25, 0.3) is 11.7 Å². The number of esters is 1. The number of hydrogen-bond acceptors (Lipinski definition) is 7. The molecule has 1 heterocycles. The molecule has 184 valence electrons. The topological polar surface area (TPSA) is 102 Å². The van der Waals surface area contributed by atoms with Gasteiger partial charge >= 0.3 is 5.97 Å². The zero-order valence-electron chi connectivity index (χ0n) is 19.7. The largest absolute Gasteiger partial charge is 0.507 e. The standard InChI is InChI=1S/C27H22ClNO7/c1-15(30)36-20-6-4-5-16(13-20)24-23(25(31)17-7-12-22(35-3)21(28)14-17)26(32)27(33)29(24)18-8-10-19(34-2)11-9-18/h4-14,24,31H,1-3H3/b25-23+. The lowest BCUT2D eigenvalue weighted by atomic mass is 9.95. The van der Waals surface area contributed by atoms with Gasteiger partial charge in [0.1, 0.15) is 23.0 Å². The summed E-state index contributed by atoms with van der Waals surface area (Å²) in [5.74, 6) is -1.45. The lowest BCUT2D eigenvalue weighted by molar-refractivity contribution is -0.132. The third kappa shape index (κ3) is 4.63. The Balaban J connectivity index is 1.92. The molecule has 1 fully saturated rings. The van der Waals surface area contributed by atoms with Gasteiger partial charge in [0.05, 0.1) is 30.9 Å². The molecule has 1 amide bonds. The molecule has 1 aliphatic rings. The van der Waals surface area contributed by atoms with E-state index in [4.69, 9.17) is 25.8 Å². The molecule has 0 saturated carbocycles. The molecule has 1 aliphatic heterocycles. The second kappa shape index (κ2) is 10.1. The van der Waals surface area contributed by atoms with Crippen molar-refractivity contribution in [3.63, 3.8) is 0 Å². The van der Waals surface area contributed by atoms with Gasteiger partial charge < -0.3 is 19.3 Å². The predicted molar refractivity (Wildman–Crippen MR) is 134 cm³/mol. The number of Topliss-reactive ketones (excluding diaryl/α,β-unsaturated/α-hetero) is 1. The zero-order valence-corrected chi connectivity index (χ0v) is 20.4. The van der Waals surface area contributed by atoms with Crippen LogP contribution >= 0.6 is 11.6 Å². The molecular formula is C27H22ClNO7. The van der Waals surface area contributed by atoms with Crippen LogP contribution in [-0.2, 0) is 14.4 Å². The van der Waals surface area contributed by atoms with Crippen LogP contribution in [0.3, 0.4) is 0 Å². The van der Waals surface area contributed by atoms with E-state index >= 15 is 0 Å². The smallest absolute Gasteiger partial charge is 0.308 e. The molecule has 1 N–H and O–H groups in total. The summed E-state index contributed by atoms with van der Waals surface area (Å²) in [4.78, 5) is 39.4. The number of nitrogens with zero attached hydrogens (tertiary/aromatic N) is 1. The summed E-state index contributed by atoms with van der Waals surface area (Å²) >= 11 is 6.24. The van der Waals surface area contributed by atoms with Gasteiger partial charge in [-0.15, -0.1) is 0 Å². The number of carbonyl (C=O) groups is 3. The molecule has 1 saturated heterocycles. The highest BCUT2D eigenvalue weighted by molar-refractivity contribution is 6.51. The fourth-order valence-corrected chi connectivity index (χ4v) is 4.30. The molecule has 0 spiro atoms. The van der Waals surface area contributed by atoms with Crippen molar-refractivity contribution in [2.75, 3.05) is 19.1 Å². The third-order valence-electron chi connectivity index (χ3n) is 5.66. The van der Waals surface area contributed by atoms with Gasteiger partial charge in [0.15, 0.2) is 0 Å². The Bertz CT molecular complexity index is 1380. The summed E-state index contributed by atoms with van der Waals surface area (Å²) in [6.45, 7) is 1.27. The first-order valence-electron chi connectivity index (χ1n) is 10.8. The van der Waals surface area contributed by atoms with Gasteiger partial charge in [0, 0.05) is 18.2 Å². The first-order chi connectivity index (χ1) is 17.2. The second-order valence-electron chi connectivity index (χ2n) is 7.88. The SMILES string of the molecule is COc1ccc(N2C(=O)C(=O)/C(=C(/O)c3ccc(OC)c(Cl)c3)C2c2cccc(OC(C)=O)c2)cc1. The van der Waals surface area contributed by atoms with Crippen LogP contribution in [-0.4, -0.2) is 37.0 Å². The van der Waals surface area contributed by atoms with Crippen molar-refractivity contribution in [1.82, 2.24) is 0 Å². The highest BCUT2D eigenvalue weighted by atomic mass is 35.5. The van der Waals surface area contributed by atoms with Crippen molar-refractivity contribution in [2.24, 2.45) is 0 Å². The Kier molecular flexibility index (Phi) is 6.98. The van der Waals surface area contributed by atoms with E-state index in [1.165, 1.54) is 38.2 Å². The number of halogens is 1. The number of rotatable bonds is 6. The predicted octanol–water partition coefficient (Wildman–Crippen LogP) is 4.91. The normalized spacial score (nSPS) is 16.7. The van der Waals surface area contributed by atoms with E-state index in [0.717, 1.165) is 0 Å². The maximum atomic E-state index is 13.3. The summed E-state index contributed by atoms with van der Waals surface area (Å²) in [6, 6.07) is 16.5. The van der Waals surface area contributed by atoms with Gasteiger partial charge in [-0.05, 0) is 60.2 Å². The summed E-state index contributed by atoms with van der Waals surface area (Å²) in [5.41, 5.74) is 0.948. The lowest BCUT2D eigenvalue weighted by Gasteiger charge is -2.26. The van der Waals surface area contributed by atoms with Gasteiger partial charge in [-0.1, -0.05) is 23.7 Å². The Labute approximate surface area is 212 Å². The maximum absolute atomic E-state index is 13.3. The van der Waals surface area contributed by atoms with Crippen LogP contribution in [0.15, 0.2) is 72.3 Å². The average Bonchev–Trinajstić information content (AvgIpc) is 3.13. The Morgan fingerprint density at radius 2 is 1.67 bits per heavy atom. The molecule has 0 aromatic heterocycles. The fraction of sp³-hybridized carbons (Fsp3) is 0.148. The van der Waals surface area contributed by atoms with Gasteiger partial charge in [-0.25, -0.2) is 0 Å². The number of methoxy groups -OCH3 is 2. The summed E-state index contributed by atoms with van der Waals surface area (Å²) in [6.07, 6.45) is 0. The van der Waals surface area contributed by atoms with E-state index in [-0.39, 0.29) is 21.9 Å². The quantitative estimate of drug-likeness (QED) is 0.166. The van der Waals surface area contributed by atoms with Crippen molar-refractivity contribution in [3.8, 4) is 17.2 Å². The highest BCUT2D eigenvalue weighted by Crippen LogP contribution is 2.43. The molecule has 0 radical (unpaired) electrons. The highest BCUT2D eigenvalue weighted by Gasteiger charge is 2.47. The van der Waals surface area contributed by atoms with Gasteiger partial charge in [0.2, 0.25) is 0 Å². The second-order valence-corrected chi connectivity index (χ2v) is 8.29. The van der Waals surface area contributed by atoms with Crippen LogP contribution in [0.25, 0.3) is 5.76 Å². The summed E-state index contributed by atoms with van der Waals surface area (Å²) in [5, 5.41) is 11.5. The number of ketones is 1. The monoisotopic (exact) mass is 507 g/mol. The minimum atomic E-state index is -1.02. The molecule has 3 aromatic carbocycles. The molecule has 1 atom stereocenters. The molecule has 0 aliphatic carbocycles. The zero-order chi connectivity index (χ0) is 26.0. The number of aliphatic hydroxyl groups excluding tert-OH is 1. The minimum Gasteiger partial charge on any atom is -0.507 e. The van der Waals surface area contributed by atoms with Crippen LogP contribution in [0.5, 0.6) is 17.2 Å². The molecule has 4 rings (SSSR count). The Morgan fingerprint density at radius 3 is 2.28 bits per heavy atom. The lowest BCUT2D eigenvalue weighted by Crippen LogP contribution is -2.29. The van der Waals surface area contributed by atoms with Crippen LogP contribution in [0.4, 0.5) is 5.69 Å². The van der Waals surface area contributed by atoms with Crippen molar-refractivity contribution < 1.29 is 33.7 Å². The van der Waals surface area contributed by atoms with Gasteiger partial charge in [-0.2, -0.15) is 0 Å². The van der Waals surface area contributed by atoms with Crippen LogP contribution in [0.2, 0.25) is 5.02 Å². The minimum absolute atomic E-state index is 0.142. The first-order valence-corrected chi connectivity index (χ1v) is 11.2. The summed E-state index contributed by atoms with van der Waals surface area (Å²) in [7, 11) is 2.97.